The number of halogens is 1. The average Bonchev–Trinajstić information content (AvgIpc) is 2.98. The van der Waals surface area contributed by atoms with Crippen molar-refractivity contribution >= 4 is 23.4 Å². The number of pyridine rings is 1. The minimum absolute atomic E-state index is 0.0817. The van der Waals surface area contributed by atoms with Gasteiger partial charge in [0.25, 0.3) is 11.8 Å². The predicted octanol–water partition coefficient (Wildman–Crippen LogP) is 1.25. The van der Waals surface area contributed by atoms with Crippen molar-refractivity contribution in [2.24, 2.45) is 5.73 Å². The van der Waals surface area contributed by atoms with Crippen LogP contribution in [-0.4, -0.2) is 31.6 Å². The molecule has 0 fully saturated rings. The molecule has 126 valence electrons. The monoisotopic (exact) mass is 348 g/mol. The minimum Gasteiger partial charge on any atom is -0.366 e. The van der Waals surface area contributed by atoms with Gasteiger partial charge in [0.1, 0.15) is 16.7 Å². The molecule has 2 amide bonds. The number of primary amides is 1. The molecule has 0 saturated carbocycles. The Bertz CT molecular complexity index is 803. The average molecular weight is 349 g/mol. The number of fused-ring (bicyclic) bond motifs is 1. The number of rotatable bonds is 4. The lowest BCUT2D eigenvalue weighted by atomic mass is 10.1. The summed E-state index contributed by atoms with van der Waals surface area (Å²) in [6.07, 6.45) is 2.42. The number of hydrogen-bond acceptors (Lipinski definition) is 5. The standard InChI is InChI=1S/C15H17ClN6O2/c1-2-11-20-14-9(4-3-7-22(14)21-11)19-15(24)10-6-5-8(13(17)23)12(16)18-10/h5-6,9H,2-4,7H2,1H3,(H2,17,23)(H,19,24). The van der Waals surface area contributed by atoms with E-state index in [2.05, 4.69) is 20.4 Å². The number of nitrogens with zero attached hydrogens (tertiary/aromatic N) is 4. The molecule has 0 saturated heterocycles. The topological polar surface area (TPSA) is 116 Å². The van der Waals surface area contributed by atoms with Crippen molar-refractivity contribution in [1.29, 1.82) is 0 Å². The van der Waals surface area contributed by atoms with E-state index >= 15 is 0 Å². The first kappa shape index (κ1) is 16.4. The second-order valence-electron chi connectivity index (χ2n) is 5.53. The molecule has 8 nitrogen and oxygen atoms in total. The Hall–Kier alpha value is -2.48. The first-order valence-corrected chi connectivity index (χ1v) is 8.08. The Balaban J connectivity index is 1.80. The van der Waals surface area contributed by atoms with Crippen molar-refractivity contribution in [3.8, 4) is 0 Å². The van der Waals surface area contributed by atoms with E-state index in [-0.39, 0.29) is 28.4 Å². The molecule has 0 spiro atoms. The highest BCUT2D eigenvalue weighted by atomic mass is 35.5. The summed E-state index contributed by atoms with van der Waals surface area (Å²) in [5.74, 6) is 0.448. The van der Waals surface area contributed by atoms with E-state index < -0.39 is 5.91 Å². The first-order valence-electron chi connectivity index (χ1n) is 7.70. The molecule has 0 radical (unpaired) electrons. The number of nitrogens with one attached hydrogen (secondary N) is 1. The lowest BCUT2D eigenvalue weighted by molar-refractivity contribution is 0.0920. The van der Waals surface area contributed by atoms with Gasteiger partial charge in [-0.25, -0.2) is 14.6 Å². The molecule has 24 heavy (non-hydrogen) atoms. The van der Waals surface area contributed by atoms with E-state index in [9.17, 15) is 9.59 Å². The summed E-state index contributed by atoms with van der Waals surface area (Å²) < 4.78 is 1.84. The molecule has 0 aromatic carbocycles. The molecular formula is C15H17ClN6O2. The molecule has 1 aliphatic heterocycles. The highest BCUT2D eigenvalue weighted by Crippen LogP contribution is 2.24. The van der Waals surface area contributed by atoms with Crippen LogP contribution < -0.4 is 11.1 Å². The Kier molecular flexibility index (Phi) is 4.48. The normalized spacial score (nSPS) is 16.5. The maximum absolute atomic E-state index is 12.4. The molecule has 2 aromatic heterocycles. The Labute approximate surface area is 143 Å². The van der Waals surface area contributed by atoms with Crippen molar-refractivity contribution < 1.29 is 9.59 Å². The Morgan fingerprint density at radius 1 is 1.42 bits per heavy atom. The molecule has 0 aliphatic carbocycles. The molecule has 2 aromatic rings. The van der Waals surface area contributed by atoms with Gasteiger partial charge in [0.05, 0.1) is 11.6 Å². The van der Waals surface area contributed by atoms with Crippen LogP contribution in [0.4, 0.5) is 0 Å². The molecule has 3 rings (SSSR count). The summed E-state index contributed by atoms with van der Waals surface area (Å²) in [5.41, 5.74) is 5.38. The number of carbonyl (C=O) groups is 2. The van der Waals surface area contributed by atoms with Crippen molar-refractivity contribution in [1.82, 2.24) is 25.1 Å². The molecule has 0 bridgehead atoms. The molecule has 9 heteroatoms. The van der Waals surface area contributed by atoms with E-state index in [4.69, 9.17) is 17.3 Å². The van der Waals surface area contributed by atoms with Gasteiger partial charge in [-0.3, -0.25) is 9.59 Å². The van der Waals surface area contributed by atoms with E-state index in [0.29, 0.717) is 0 Å². The van der Waals surface area contributed by atoms with Crippen molar-refractivity contribution in [3.63, 3.8) is 0 Å². The van der Waals surface area contributed by atoms with Crippen LogP contribution in [0.2, 0.25) is 5.15 Å². The number of hydrogen-bond donors (Lipinski definition) is 2. The van der Waals surface area contributed by atoms with Gasteiger partial charge < -0.3 is 11.1 Å². The van der Waals surface area contributed by atoms with Crippen LogP contribution in [0.5, 0.6) is 0 Å². The molecular weight excluding hydrogens is 332 g/mol. The summed E-state index contributed by atoms with van der Waals surface area (Å²) >= 11 is 5.90. The molecule has 1 atom stereocenters. The number of aromatic nitrogens is 4. The fourth-order valence-electron chi connectivity index (χ4n) is 2.66. The van der Waals surface area contributed by atoms with Crippen LogP contribution >= 0.6 is 11.6 Å². The highest BCUT2D eigenvalue weighted by Gasteiger charge is 2.26. The van der Waals surface area contributed by atoms with Gasteiger partial charge in [-0.05, 0) is 25.0 Å². The summed E-state index contributed by atoms with van der Waals surface area (Å²) in [7, 11) is 0. The summed E-state index contributed by atoms with van der Waals surface area (Å²) in [6, 6.07) is 2.59. The number of amides is 2. The van der Waals surface area contributed by atoms with Gasteiger partial charge in [0.2, 0.25) is 0 Å². The second-order valence-corrected chi connectivity index (χ2v) is 5.89. The quantitative estimate of drug-likeness (QED) is 0.807. The first-order chi connectivity index (χ1) is 11.5. The van der Waals surface area contributed by atoms with Crippen LogP contribution in [-0.2, 0) is 13.0 Å². The van der Waals surface area contributed by atoms with Crippen molar-refractivity contribution in [3.05, 3.63) is 40.2 Å². The Morgan fingerprint density at radius 3 is 2.88 bits per heavy atom. The summed E-state index contributed by atoms with van der Waals surface area (Å²) in [5, 5.41) is 7.23. The molecule has 3 heterocycles. The number of aryl methyl sites for hydroxylation is 2. The van der Waals surface area contributed by atoms with Gasteiger partial charge >= 0.3 is 0 Å². The van der Waals surface area contributed by atoms with Gasteiger partial charge in [-0.15, -0.1) is 0 Å². The largest absolute Gasteiger partial charge is 0.366 e. The minimum atomic E-state index is -0.688. The third-order valence-corrected chi connectivity index (χ3v) is 4.18. The maximum atomic E-state index is 12.4. The van der Waals surface area contributed by atoms with Gasteiger partial charge in [-0.1, -0.05) is 18.5 Å². The third kappa shape index (κ3) is 3.09. The number of carbonyl (C=O) groups excluding carboxylic acids is 2. The van der Waals surface area contributed by atoms with Crippen LogP contribution in [0.15, 0.2) is 12.1 Å². The van der Waals surface area contributed by atoms with Crippen molar-refractivity contribution in [2.45, 2.75) is 38.8 Å². The summed E-state index contributed by atoms with van der Waals surface area (Å²) in [4.78, 5) is 32.0. The zero-order valence-electron chi connectivity index (χ0n) is 13.1. The van der Waals surface area contributed by atoms with E-state index in [0.717, 1.165) is 37.5 Å². The summed E-state index contributed by atoms with van der Waals surface area (Å²) in [6.45, 7) is 2.78. The highest BCUT2D eigenvalue weighted by molar-refractivity contribution is 6.32. The van der Waals surface area contributed by atoms with Gasteiger partial charge in [0, 0.05) is 13.0 Å². The molecule has 1 unspecified atom stereocenters. The lowest BCUT2D eigenvalue weighted by Gasteiger charge is -2.22. The second kappa shape index (κ2) is 6.56. The van der Waals surface area contributed by atoms with Crippen LogP contribution in [0.25, 0.3) is 0 Å². The smallest absolute Gasteiger partial charge is 0.270 e. The SMILES string of the molecule is CCc1nc2n(n1)CCCC2NC(=O)c1ccc(C(N)=O)c(Cl)n1. The predicted molar refractivity (Wildman–Crippen MR) is 86.6 cm³/mol. The fraction of sp³-hybridized carbons (Fsp3) is 0.400. The van der Waals surface area contributed by atoms with Crippen LogP contribution in [0.3, 0.4) is 0 Å². The van der Waals surface area contributed by atoms with Gasteiger partial charge in [0.15, 0.2) is 5.82 Å². The van der Waals surface area contributed by atoms with Gasteiger partial charge in [-0.2, -0.15) is 5.10 Å². The Morgan fingerprint density at radius 2 is 2.21 bits per heavy atom. The van der Waals surface area contributed by atoms with E-state index in [1.54, 1.807) is 0 Å². The zero-order valence-corrected chi connectivity index (χ0v) is 13.9. The van der Waals surface area contributed by atoms with Crippen LogP contribution in [0, 0.1) is 0 Å². The number of nitrogens with two attached hydrogens (primary N) is 1. The van der Waals surface area contributed by atoms with Crippen molar-refractivity contribution in [2.75, 3.05) is 0 Å². The van der Waals surface area contributed by atoms with Crippen LogP contribution in [0.1, 0.15) is 58.3 Å². The van der Waals surface area contributed by atoms with E-state index in [1.165, 1.54) is 12.1 Å². The third-order valence-electron chi connectivity index (χ3n) is 3.89. The van der Waals surface area contributed by atoms with E-state index in [1.807, 2.05) is 11.6 Å². The molecule has 3 N–H and O–H groups in total. The fourth-order valence-corrected chi connectivity index (χ4v) is 2.91. The zero-order chi connectivity index (χ0) is 17.3. The maximum Gasteiger partial charge on any atom is 0.270 e. The lowest BCUT2D eigenvalue weighted by Crippen LogP contribution is -2.33. The molecule has 1 aliphatic rings.